The summed E-state index contributed by atoms with van der Waals surface area (Å²) in [4.78, 5) is 25.7. The van der Waals surface area contributed by atoms with Crippen LogP contribution in [0, 0.1) is 0 Å². The summed E-state index contributed by atoms with van der Waals surface area (Å²) in [6.07, 6.45) is 7.12. The van der Waals surface area contributed by atoms with E-state index in [4.69, 9.17) is 27.1 Å². The standard InChI is InChI=1S/C27H31ClN6O2/c1-17(2)36-27(35)34-11-9-33(10-12-34)26-20-7-6-19(28)14-21(20)22(13-18-5-4-8-31-25(18)26)24(29)23-15-30-16-32(23)3/h4-8,13-17,24,26H,9-12,29H2,1-3H3/t24-,26-/m0/s1. The van der Waals surface area contributed by atoms with E-state index >= 15 is 0 Å². The molecule has 9 heteroatoms. The van der Waals surface area contributed by atoms with Crippen molar-refractivity contribution in [3.05, 3.63) is 82.2 Å². The number of imidazole rings is 1. The Morgan fingerprint density at radius 3 is 2.67 bits per heavy atom. The average Bonchev–Trinajstić information content (AvgIpc) is 3.23. The lowest BCUT2D eigenvalue weighted by atomic mass is 9.90. The molecular weight excluding hydrogens is 476 g/mol. The summed E-state index contributed by atoms with van der Waals surface area (Å²) in [5.74, 6) is 0. The molecule has 1 aliphatic carbocycles. The topological polar surface area (TPSA) is 89.5 Å². The van der Waals surface area contributed by atoms with Crippen LogP contribution in [0.5, 0.6) is 0 Å². The number of carbonyl (C=O) groups is 1. The first kappa shape index (κ1) is 24.5. The molecule has 3 heterocycles. The number of ether oxygens (including phenoxy) is 1. The summed E-state index contributed by atoms with van der Waals surface area (Å²) in [7, 11) is 1.94. The summed E-state index contributed by atoms with van der Waals surface area (Å²) in [6.45, 7) is 6.29. The van der Waals surface area contributed by atoms with E-state index in [1.807, 2.05) is 49.9 Å². The first-order chi connectivity index (χ1) is 17.3. The van der Waals surface area contributed by atoms with Gasteiger partial charge in [0.2, 0.25) is 0 Å². The molecule has 0 unspecified atom stereocenters. The smallest absolute Gasteiger partial charge is 0.410 e. The quantitative estimate of drug-likeness (QED) is 0.568. The number of piperazine rings is 1. The van der Waals surface area contributed by atoms with E-state index in [1.54, 1.807) is 17.4 Å². The number of aromatic nitrogens is 3. The van der Waals surface area contributed by atoms with Gasteiger partial charge < -0.3 is 19.9 Å². The van der Waals surface area contributed by atoms with Crippen molar-refractivity contribution in [2.75, 3.05) is 26.2 Å². The van der Waals surface area contributed by atoms with Gasteiger partial charge in [-0.2, -0.15) is 0 Å². The monoisotopic (exact) mass is 506 g/mol. The number of pyridine rings is 1. The highest BCUT2D eigenvalue weighted by Crippen LogP contribution is 2.43. The van der Waals surface area contributed by atoms with Gasteiger partial charge in [0.15, 0.2) is 0 Å². The predicted octanol–water partition coefficient (Wildman–Crippen LogP) is 4.27. The Kier molecular flexibility index (Phi) is 6.83. The minimum atomic E-state index is -0.399. The molecule has 1 aliphatic heterocycles. The molecule has 1 aromatic carbocycles. The molecule has 0 radical (unpaired) electrons. The van der Waals surface area contributed by atoms with Crippen molar-refractivity contribution < 1.29 is 9.53 Å². The van der Waals surface area contributed by atoms with Gasteiger partial charge in [-0.3, -0.25) is 9.88 Å². The van der Waals surface area contributed by atoms with E-state index in [0.717, 1.165) is 33.7 Å². The molecule has 3 aromatic rings. The Morgan fingerprint density at radius 2 is 1.97 bits per heavy atom. The molecule has 1 saturated heterocycles. The van der Waals surface area contributed by atoms with Crippen LogP contribution < -0.4 is 5.73 Å². The number of hydrogen-bond acceptors (Lipinski definition) is 6. The predicted molar refractivity (Wildman–Crippen MR) is 140 cm³/mol. The lowest BCUT2D eigenvalue weighted by Gasteiger charge is -2.39. The van der Waals surface area contributed by atoms with Gasteiger partial charge in [0.05, 0.1) is 42.1 Å². The molecular formula is C27H31ClN6O2. The second kappa shape index (κ2) is 10.0. The Labute approximate surface area is 216 Å². The van der Waals surface area contributed by atoms with Crippen LogP contribution in [0.1, 0.15) is 54.0 Å². The third-order valence-electron chi connectivity index (χ3n) is 6.84. The SMILES string of the molecule is CC(C)OC(=O)N1CCN([C@H]2c3ccc(Cl)cc3C([C@H](N)c3cncn3C)=Cc3cccnc32)CC1. The van der Waals surface area contributed by atoms with Gasteiger partial charge in [-0.1, -0.05) is 23.7 Å². The van der Waals surface area contributed by atoms with Crippen molar-refractivity contribution in [2.45, 2.75) is 32.0 Å². The highest BCUT2D eigenvalue weighted by Gasteiger charge is 2.35. The van der Waals surface area contributed by atoms with Gasteiger partial charge >= 0.3 is 6.09 Å². The van der Waals surface area contributed by atoms with Gasteiger partial charge in [0.25, 0.3) is 0 Å². The lowest BCUT2D eigenvalue weighted by Crippen LogP contribution is -2.50. The number of rotatable bonds is 4. The number of carbonyl (C=O) groups excluding carboxylic acids is 1. The maximum Gasteiger partial charge on any atom is 0.410 e. The minimum Gasteiger partial charge on any atom is -0.447 e. The van der Waals surface area contributed by atoms with Gasteiger partial charge in [-0.05, 0) is 60.4 Å². The number of nitrogens with two attached hydrogens (primary N) is 1. The van der Waals surface area contributed by atoms with Gasteiger partial charge in [0.1, 0.15) is 0 Å². The summed E-state index contributed by atoms with van der Waals surface area (Å²) in [5.41, 5.74) is 12.8. The van der Waals surface area contributed by atoms with Crippen LogP contribution in [0.2, 0.25) is 5.02 Å². The molecule has 0 bridgehead atoms. The Bertz CT molecular complexity index is 1290. The number of benzene rings is 1. The van der Waals surface area contributed by atoms with Gasteiger partial charge in [-0.15, -0.1) is 0 Å². The zero-order valence-corrected chi connectivity index (χ0v) is 21.5. The molecule has 36 heavy (non-hydrogen) atoms. The number of aryl methyl sites for hydroxylation is 1. The van der Waals surface area contributed by atoms with Crippen molar-refractivity contribution in [3.8, 4) is 0 Å². The molecule has 8 nitrogen and oxygen atoms in total. The van der Waals surface area contributed by atoms with E-state index in [1.165, 1.54) is 0 Å². The zero-order valence-electron chi connectivity index (χ0n) is 20.8. The number of amides is 1. The fourth-order valence-electron chi connectivity index (χ4n) is 5.08. The fourth-order valence-corrected chi connectivity index (χ4v) is 5.25. The van der Waals surface area contributed by atoms with Crippen molar-refractivity contribution in [1.29, 1.82) is 0 Å². The van der Waals surface area contributed by atoms with Crippen LogP contribution in [0.4, 0.5) is 4.79 Å². The third kappa shape index (κ3) is 4.64. The molecule has 0 spiro atoms. The summed E-state index contributed by atoms with van der Waals surface area (Å²) in [5, 5.41) is 0.649. The van der Waals surface area contributed by atoms with Crippen molar-refractivity contribution in [3.63, 3.8) is 0 Å². The number of fused-ring (bicyclic) bond motifs is 2. The maximum atomic E-state index is 12.5. The van der Waals surface area contributed by atoms with Crippen LogP contribution in [0.25, 0.3) is 11.6 Å². The highest BCUT2D eigenvalue weighted by molar-refractivity contribution is 6.30. The fraction of sp³-hybridized carbons (Fsp3) is 0.370. The third-order valence-corrected chi connectivity index (χ3v) is 7.08. The Morgan fingerprint density at radius 1 is 1.19 bits per heavy atom. The first-order valence-electron chi connectivity index (χ1n) is 12.2. The maximum absolute atomic E-state index is 12.5. The molecule has 188 valence electrons. The number of hydrogen-bond donors (Lipinski definition) is 1. The highest BCUT2D eigenvalue weighted by atomic mass is 35.5. The average molecular weight is 507 g/mol. The second-order valence-corrected chi connectivity index (χ2v) is 10.0. The van der Waals surface area contributed by atoms with Gasteiger partial charge in [0, 0.05) is 44.4 Å². The summed E-state index contributed by atoms with van der Waals surface area (Å²) >= 11 is 6.52. The van der Waals surface area contributed by atoms with E-state index in [-0.39, 0.29) is 18.2 Å². The van der Waals surface area contributed by atoms with Crippen molar-refractivity contribution in [1.82, 2.24) is 24.3 Å². The van der Waals surface area contributed by atoms with Crippen LogP contribution in [0.3, 0.4) is 0 Å². The Balaban J connectivity index is 1.55. The Hall–Kier alpha value is -3.20. The second-order valence-electron chi connectivity index (χ2n) is 9.57. The lowest BCUT2D eigenvalue weighted by molar-refractivity contribution is 0.0513. The van der Waals surface area contributed by atoms with Crippen LogP contribution in [-0.4, -0.2) is 62.7 Å². The number of halogens is 1. The van der Waals surface area contributed by atoms with Crippen LogP contribution in [0.15, 0.2) is 49.1 Å². The van der Waals surface area contributed by atoms with E-state index in [9.17, 15) is 4.79 Å². The first-order valence-corrected chi connectivity index (χ1v) is 12.6. The number of nitrogens with zero attached hydrogens (tertiary/aromatic N) is 5. The molecule has 2 aromatic heterocycles. The molecule has 1 amide bonds. The van der Waals surface area contributed by atoms with Crippen molar-refractivity contribution in [2.24, 2.45) is 12.8 Å². The molecule has 2 aliphatic rings. The normalized spacial score (nSPS) is 18.8. The summed E-state index contributed by atoms with van der Waals surface area (Å²) in [6, 6.07) is 9.51. The van der Waals surface area contributed by atoms with Crippen LogP contribution >= 0.6 is 11.6 Å². The van der Waals surface area contributed by atoms with E-state index < -0.39 is 6.04 Å². The van der Waals surface area contributed by atoms with Crippen LogP contribution in [-0.2, 0) is 11.8 Å². The van der Waals surface area contributed by atoms with E-state index in [2.05, 4.69) is 28.1 Å². The van der Waals surface area contributed by atoms with E-state index in [0.29, 0.717) is 31.2 Å². The summed E-state index contributed by atoms with van der Waals surface area (Å²) < 4.78 is 7.36. The minimum absolute atomic E-state index is 0.107. The zero-order chi connectivity index (χ0) is 25.4. The largest absolute Gasteiger partial charge is 0.447 e. The molecule has 5 rings (SSSR count). The molecule has 1 fully saturated rings. The van der Waals surface area contributed by atoms with Gasteiger partial charge in [-0.25, -0.2) is 9.78 Å². The molecule has 2 N–H and O–H groups in total. The van der Waals surface area contributed by atoms with Crippen molar-refractivity contribution >= 4 is 29.3 Å². The molecule has 2 atom stereocenters. The molecule has 0 saturated carbocycles.